The molecule has 0 bridgehead atoms. The number of nitrogens with zero attached hydrogens (tertiary/aromatic N) is 1. The minimum absolute atomic E-state index is 0.250. The van der Waals surface area contributed by atoms with E-state index in [4.69, 9.17) is 32.7 Å². The average Bonchev–Trinajstić information content (AvgIpc) is 2.63. The molecule has 1 amide bonds. The monoisotopic (exact) mass is 446 g/mol. The number of methoxy groups -OCH3 is 2. The van der Waals surface area contributed by atoms with Gasteiger partial charge in [0.2, 0.25) is 15.9 Å². The van der Waals surface area contributed by atoms with E-state index in [0.717, 1.165) is 10.6 Å². The van der Waals surface area contributed by atoms with Gasteiger partial charge in [0.25, 0.3) is 0 Å². The summed E-state index contributed by atoms with van der Waals surface area (Å²) in [4.78, 5) is 12.7. The lowest BCUT2D eigenvalue weighted by atomic mass is 10.2. The largest absolute Gasteiger partial charge is 0.493 e. The highest BCUT2D eigenvalue weighted by atomic mass is 35.5. The molecule has 2 aromatic carbocycles. The summed E-state index contributed by atoms with van der Waals surface area (Å²) in [6.45, 7) is 1.46. The third-order valence-corrected chi connectivity index (χ3v) is 5.70. The Balaban J connectivity index is 2.40. The van der Waals surface area contributed by atoms with E-state index in [1.807, 2.05) is 0 Å². The van der Waals surface area contributed by atoms with E-state index in [1.54, 1.807) is 12.1 Å². The van der Waals surface area contributed by atoms with Crippen LogP contribution in [0.1, 0.15) is 6.92 Å². The van der Waals surface area contributed by atoms with E-state index in [0.29, 0.717) is 16.5 Å². The Labute approximate surface area is 174 Å². The molecular weight excluding hydrogens is 427 g/mol. The number of sulfonamides is 1. The van der Waals surface area contributed by atoms with Crippen molar-refractivity contribution in [2.45, 2.75) is 13.0 Å². The number of anilines is 2. The standard InChI is InChI=1S/C18H20Cl2N2O5S/c1-11(18(23)21-15-9-12(19)5-7-14(15)20)22(28(4,24)25)13-6-8-16(26-2)17(10-13)27-3/h5-11H,1-4H3,(H,21,23)/t11-/m0/s1. The van der Waals surface area contributed by atoms with E-state index >= 15 is 0 Å². The van der Waals surface area contributed by atoms with Crippen LogP contribution in [0.5, 0.6) is 11.5 Å². The molecule has 10 heteroatoms. The Hall–Kier alpha value is -2.16. The fraction of sp³-hybridized carbons (Fsp3) is 0.278. The highest BCUT2D eigenvalue weighted by molar-refractivity contribution is 7.92. The zero-order chi connectivity index (χ0) is 21.1. The van der Waals surface area contributed by atoms with Crippen molar-refractivity contribution >= 4 is 50.5 Å². The molecule has 0 unspecified atom stereocenters. The van der Waals surface area contributed by atoms with E-state index < -0.39 is 22.0 Å². The zero-order valence-electron chi connectivity index (χ0n) is 15.7. The first-order valence-electron chi connectivity index (χ1n) is 8.05. The maximum Gasteiger partial charge on any atom is 0.248 e. The molecule has 1 N–H and O–H groups in total. The minimum atomic E-state index is -3.80. The quantitative estimate of drug-likeness (QED) is 0.698. The number of rotatable bonds is 7. The summed E-state index contributed by atoms with van der Waals surface area (Å²) < 4.78 is 36.2. The van der Waals surface area contributed by atoms with E-state index in [2.05, 4.69) is 5.32 Å². The topological polar surface area (TPSA) is 84.9 Å². The maximum absolute atomic E-state index is 12.7. The summed E-state index contributed by atoms with van der Waals surface area (Å²) in [5.41, 5.74) is 0.534. The van der Waals surface area contributed by atoms with Gasteiger partial charge in [0.15, 0.2) is 11.5 Å². The average molecular weight is 447 g/mol. The maximum atomic E-state index is 12.7. The van der Waals surface area contributed by atoms with E-state index in [1.165, 1.54) is 45.4 Å². The molecule has 152 valence electrons. The van der Waals surface area contributed by atoms with Gasteiger partial charge in [-0.3, -0.25) is 9.10 Å². The van der Waals surface area contributed by atoms with Crippen molar-refractivity contribution in [2.75, 3.05) is 30.1 Å². The van der Waals surface area contributed by atoms with Crippen molar-refractivity contribution in [3.05, 3.63) is 46.4 Å². The van der Waals surface area contributed by atoms with Crippen LogP contribution >= 0.6 is 23.2 Å². The molecule has 28 heavy (non-hydrogen) atoms. The van der Waals surface area contributed by atoms with Gasteiger partial charge in [-0.05, 0) is 37.3 Å². The number of nitrogens with one attached hydrogen (secondary N) is 1. The van der Waals surface area contributed by atoms with Crippen molar-refractivity contribution in [1.82, 2.24) is 0 Å². The third kappa shape index (κ3) is 5.01. The second kappa shape index (κ2) is 8.89. The fourth-order valence-corrected chi connectivity index (χ4v) is 4.10. The van der Waals surface area contributed by atoms with Crippen LogP contribution in [0.2, 0.25) is 10.0 Å². The van der Waals surface area contributed by atoms with Crippen molar-refractivity contribution in [3.63, 3.8) is 0 Å². The van der Waals surface area contributed by atoms with Crippen LogP contribution < -0.4 is 19.1 Å². The summed E-state index contributed by atoms with van der Waals surface area (Å²) in [6, 6.07) is 8.08. The van der Waals surface area contributed by atoms with Crippen LogP contribution in [0.15, 0.2) is 36.4 Å². The number of carbonyl (C=O) groups excluding carboxylic acids is 1. The van der Waals surface area contributed by atoms with Crippen LogP contribution in [0, 0.1) is 0 Å². The van der Waals surface area contributed by atoms with Gasteiger partial charge in [0.05, 0.1) is 36.9 Å². The molecule has 7 nitrogen and oxygen atoms in total. The molecule has 0 fully saturated rings. The Bertz CT molecular complexity index is 982. The van der Waals surface area contributed by atoms with Gasteiger partial charge in [0.1, 0.15) is 6.04 Å². The van der Waals surface area contributed by atoms with Gasteiger partial charge < -0.3 is 14.8 Å². The molecule has 2 rings (SSSR count). The molecule has 2 aromatic rings. The number of hydrogen-bond acceptors (Lipinski definition) is 5. The molecule has 0 aliphatic carbocycles. The van der Waals surface area contributed by atoms with Crippen LogP contribution in [0.25, 0.3) is 0 Å². The zero-order valence-corrected chi connectivity index (χ0v) is 18.0. The van der Waals surface area contributed by atoms with Gasteiger partial charge in [-0.25, -0.2) is 8.42 Å². The molecule has 0 aliphatic rings. The SMILES string of the molecule is COc1ccc(N([C@@H](C)C(=O)Nc2cc(Cl)ccc2Cl)S(C)(=O)=O)cc1OC. The molecule has 0 spiro atoms. The predicted molar refractivity (Wildman–Crippen MR) is 111 cm³/mol. The van der Waals surface area contributed by atoms with Crippen molar-refractivity contribution in [2.24, 2.45) is 0 Å². The van der Waals surface area contributed by atoms with Gasteiger partial charge in [-0.1, -0.05) is 23.2 Å². The number of amides is 1. The molecule has 0 saturated heterocycles. The third-order valence-electron chi connectivity index (χ3n) is 3.90. The Kier molecular flexibility index (Phi) is 7.03. The molecule has 1 atom stereocenters. The van der Waals surface area contributed by atoms with E-state index in [-0.39, 0.29) is 16.4 Å². The minimum Gasteiger partial charge on any atom is -0.493 e. The molecular formula is C18H20Cl2N2O5S. The number of benzene rings is 2. The Morgan fingerprint density at radius 2 is 1.71 bits per heavy atom. The van der Waals surface area contributed by atoms with E-state index in [9.17, 15) is 13.2 Å². The Morgan fingerprint density at radius 3 is 2.29 bits per heavy atom. The fourth-order valence-electron chi connectivity index (χ4n) is 2.60. The number of hydrogen-bond donors (Lipinski definition) is 1. The van der Waals surface area contributed by atoms with Gasteiger partial charge >= 0.3 is 0 Å². The highest BCUT2D eigenvalue weighted by Crippen LogP contribution is 2.33. The highest BCUT2D eigenvalue weighted by Gasteiger charge is 2.30. The summed E-state index contributed by atoms with van der Waals surface area (Å²) in [5, 5.41) is 3.27. The van der Waals surface area contributed by atoms with Gasteiger partial charge in [-0.15, -0.1) is 0 Å². The van der Waals surface area contributed by atoms with Crippen LogP contribution in [0.3, 0.4) is 0 Å². The lowest BCUT2D eigenvalue weighted by molar-refractivity contribution is -0.116. The summed E-state index contributed by atoms with van der Waals surface area (Å²) in [6.07, 6.45) is 1.01. The van der Waals surface area contributed by atoms with Crippen molar-refractivity contribution in [3.8, 4) is 11.5 Å². The van der Waals surface area contributed by atoms with Crippen molar-refractivity contribution < 1.29 is 22.7 Å². The van der Waals surface area contributed by atoms with Crippen LogP contribution in [-0.4, -0.2) is 40.8 Å². The summed E-state index contributed by atoms with van der Waals surface area (Å²) in [5.74, 6) is 0.186. The van der Waals surface area contributed by atoms with Crippen LogP contribution in [-0.2, 0) is 14.8 Å². The van der Waals surface area contributed by atoms with Gasteiger partial charge in [-0.2, -0.15) is 0 Å². The number of halogens is 2. The smallest absolute Gasteiger partial charge is 0.248 e. The lowest BCUT2D eigenvalue weighted by Gasteiger charge is -2.28. The first-order valence-corrected chi connectivity index (χ1v) is 10.7. The summed E-state index contributed by atoms with van der Waals surface area (Å²) >= 11 is 12.0. The number of ether oxygens (including phenoxy) is 2. The second-order valence-corrected chi connectivity index (χ2v) is 8.59. The lowest BCUT2D eigenvalue weighted by Crippen LogP contribution is -2.45. The van der Waals surface area contributed by atoms with Crippen molar-refractivity contribution in [1.29, 1.82) is 0 Å². The molecule has 0 radical (unpaired) electrons. The summed E-state index contributed by atoms with van der Waals surface area (Å²) in [7, 11) is -0.897. The normalized spacial score (nSPS) is 12.2. The first kappa shape index (κ1) is 22.1. The number of carbonyl (C=O) groups is 1. The Morgan fingerprint density at radius 1 is 1.07 bits per heavy atom. The molecule has 0 aliphatic heterocycles. The molecule has 0 heterocycles. The predicted octanol–water partition coefficient (Wildman–Crippen LogP) is 3.80. The molecule has 0 saturated carbocycles. The van der Waals surface area contributed by atoms with Crippen LogP contribution in [0.4, 0.5) is 11.4 Å². The van der Waals surface area contributed by atoms with Gasteiger partial charge in [0, 0.05) is 11.1 Å². The first-order chi connectivity index (χ1) is 13.1. The molecule has 0 aromatic heterocycles. The second-order valence-electron chi connectivity index (χ2n) is 5.89.